The summed E-state index contributed by atoms with van der Waals surface area (Å²) in [5.41, 5.74) is 0.891. The van der Waals surface area contributed by atoms with Crippen molar-refractivity contribution < 1.29 is 28.7 Å². The number of fused-ring (bicyclic) bond motifs is 1. The van der Waals surface area contributed by atoms with E-state index in [4.69, 9.17) is 9.26 Å². The Bertz CT molecular complexity index is 1170. The number of piperidine rings is 1. The fourth-order valence-corrected chi connectivity index (χ4v) is 3.89. The molecule has 182 valence electrons. The average Bonchev–Trinajstić information content (AvgIpc) is 3.45. The third kappa shape index (κ3) is 5.19. The van der Waals surface area contributed by atoms with Gasteiger partial charge in [0.15, 0.2) is 11.9 Å². The van der Waals surface area contributed by atoms with Crippen molar-refractivity contribution in [1.82, 2.24) is 24.8 Å². The lowest BCUT2D eigenvalue weighted by molar-refractivity contribution is -0.151. The van der Waals surface area contributed by atoms with Gasteiger partial charge in [0.2, 0.25) is 0 Å². The van der Waals surface area contributed by atoms with Crippen LogP contribution < -0.4 is 0 Å². The van der Waals surface area contributed by atoms with Crippen LogP contribution in [0.15, 0.2) is 28.9 Å². The van der Waals surface area contributed by atoms with Crippen LogP contribution in [0.5, 0.6) is 0 Å². The number of aliphatic hydroxyl groups is 1. The standard InChI is InChI=1S/C23H29N5O6/c1-23(2,3)33-22(31)27-9-7-14(8-10-27)19-25-20(34-26-19)15-5-6-16-12-24-28(17(16)11-15)13-18(29)21(30)32-4/h5-6,11-12,14,18,29H,7-10,13H2,1-4H3. The summed E-state index contributed by atoms with van der Waals surface area (Å²) in [6, 6.07) is 5.55. The number of esters is 1. The number of benzene rings is 1. The summed E-state index contributed by atoms with van der Waals surface area (Å²) in [4.78, 5) is 30.1. The second kappa shape index (κ2) is 9.41. The predicted molar refractivity (Wildman–Crippen MR) is 121 cm³/mol. The first-order valence-corrected chi connectivity index (χ1v) is 11.2. The van der Waals surface area contributed by atoms with Gasteiger partial charge in [-0.25, -0.2) is 9.59 Å². The Morgan fingerprint density at radius 1 is 1.26 bits per heavy atom. The molecular weight excluding hydrogens is 442 g/mol. The van der Waals surface area contributed by atoms with E-state index < -0.39 is 17.7 Å². The smallest absolute Gasteiger partial charge is 0.410 e. The number of carbonyl (C=O) groups excluding carboxylic acids is 2. The molecule has 3 heterocycles. The quantitative estimate of drug-likeness (QED) is 0.558. The second-order valence-electron chi connectivity index (χ2n) is 9.34. The van der Waals surface area contributed by atoms with Gasteiger partial charge in [0, 0.05) is 30.0 Å². The molecule has 11 heteroatoms. The topological polar surface area (TPSA) is 133 Å². The highest BCUT2D eigenvalue weighted by Gasteiger charge is 2.30. The number of nitrogens with zero attached hydrogens (tertiary/aromatic N) is 5. The van der Waals surface area contributed by atoms with Gasteiger partial charge >= 0.3 is 12.1 Å². The van der Waals surface area contributed by atoms with E-state index in [1.54, 1.807) is 11.1 Å². The van der Waals surface area contributed by atoms with Gasteiger partial charge in [0.1, 0.15) is 5.60 Å². The Labute approximate surface area is 196 Å². The first-order chi connectivity index (χ1) is 16.1. The molecule has 1 saturated heterocycles. The molecule has 0 saturated carbocycles. The van der Waals surface area contributed by atoms with Gasteiger partial charge in [-0.1, -0.05) is 11.2 Å². The van der Waals surface area contributed by atoms with E-state index in [-0.39, 0.29) is 18.6 Å². The Kier molecular flexibility index (Phi) is 6.56. The molecule has 0 aliphatic carbocycles. The van der Waals surface area contributed by atoms with Crippen molar-refractivity contribution in [1.29, 1.82) is 0 Å². The molecule has 1 aliphatic heterocycles. The predicted octanol–water partition coefficient (Wildman–Crippen LogP) is 2.73. The molecule has 4 rings (SSSR count). The van der Waals surface area contributed by atoms with E-state index in [0.717, 1.165) is 18.2 Å². The van der Waals surface area contributed by atoms with Crippen molar-refractivity contribution in [3.63, 3.8) is 0 Å². The van der Waals surface area contributed by atoms with Crippen LogP contribution >= 0.6 is 0 Å². The number of methoxy groups -OCH3 is 1. The number of carbonyl (C=O) groups is 2. The highest BCUT2D eigenvalue weighted by Crippen LogP contribution is 2.30. The van der Waals surface area contributed by atoms with Crippen LogP contribution in [0.2, 0.25) is 0 Å². The maximum Gasteiger partial charge on any atom is 0.410 e. The minimum atomic E-state index is -1.32. The fraction of sp³-hybridized carbons (Fsp3) is 0.522. The van der Waals surface area contributed by atoms with E-state index in [1.807, 2.05) is 39.0 Å². The zero-order chi connectivity index (χ0) is 24.5. The highest BCUT2D eigenvalue weighted by molar-refractivity contribution is 5.83. The second-order valence-corrected chi connectivity index (χ2v) is 9.34. The molecule has 1 unspecified atom stereocenters. The maximum atomic E-state index is 12.3. The van der Waals surface area contributed by atoms with Gasteiger partial charge in [-0.05, 0) is 45.7 Å². The number of ether oxygens (including phenoxy) is 2. The fourth-order valence-electron chi connectivity index (χ4n) is 3.89. The molecule has 1 fully saturated rings. The number of likely N-dealkylation sites (tertiary alicyclic amines) is 1. The highest BCUT2D eigenvalue weighted by atomic mass is 16.6. The monoisotopic (exact) mass is 471 g/mol. The van der Waals surface area contributed by atoms with Crippen LogP contribution in [-0.2, 0) is 20.8 Å². The average molecular weight is 472 g/mol. The summed E-state index contributed by atoms with van der Waals surface area (Å²) in [6.07, 6.45) is 1.46. The molecule has 1 aliphatic rings. The zero-order valence-corrected chi connectivity index (χ0v) is 19.7. The lowest BCUT2D eigenvalue weighted by atomic mass is 9.96. The van der Waals surface area contributed by atoms with E-state index in [9.17, 15) is 14.7 Å². The Morgan fingerprint density at radius 3 is 2.68 bits per heavy atom. The number of hydrogen-bond donors (Lipinski definition) is 1. The Morgan fingerprint density at radius 2 is 2.00 bits per heavy atom. The minimum Gasteiger partial charge on any atom is -0.467 e. The van der Waals surface area contributed by atoms with Crippen LogP contribution in [0.25, 0.3) is 22.4 Å². The van der Waals surface area contributed by atoms with Crippen LogP contribution in [0, 0.1) is 0 Å². The van der Waals surface area contributed by atoms with Crippen molar-refractivity contribution >= 4 is 23.0 Å². The van der Waals surface area contributed by atoms with Crippen LogP contribution in [0.3, 0.4) is 0 Å². The number of aromatic nitrogens is 4. The minimum absolute atomic E-state index is 0.0368. The van der Waals surface area contributed by atoms with Gasteiger partial charge in [0.05, 0.1) is 25.4 Å². The van der Waals surface area contributed by atoms with Crippen molar-refractivity contribution in [3.8, 4) is 11.5 Å². The number of amides is 1. The molecule has 0 bridgehead atoms. The summed E-state index contributed by atoms with van der Waals surface area (Å²) in [5.74, 6) is 0.334. The molecule has 1 atom stereocenters. The van der Waals surface area contributed by atoms with Gasteiger partial charge in [-0.15, -0.1) is 0 Å². The summed E-state index contributed by atoms with van der Waals surface area (Å²) in [5, 5.41) is 19.2. The first kappa shape index (κ1) is 23.7. The summed E-state index contributed by atoms with van der Waals surface area (Å²) >= 11 is 0. The number of rotatable bonds is 5. The molecule has 3 aromatic rings. The molecular formula is C23H29N5O6. The molecule has 0 radical (unpaired) electrons. The molecule has 0 spiro atoms. The summed E-state index contributed by atoms with van der Waals surface area (Å²) in [7, 11) is 1.22. The summed E-state index contributed by atoms with van der Waals surface area (Å²) in [6.45, 7) is 6.65. The van der Waals surface area contributed by atoms with E-state index >= 15 is 0 Å². The van der Waals surface area contributed by atoms with Gasteiger partial charge in [-0.3, -0.25) is 4.68 Å². The Balaban J connectivity index is 1.45. The molecule has 2 aromatic heterocycles. The molecule has 1 N–H and O–H groups in total. The van der Waals surface area contributed by atoms with Crippen LogP contribution in [0.1, 0.15) is 45.4 Å². The molecule has 11 nitrogen and oxygen atoms in total. The maximum absolute atomic E-state index is 12.3. The largest absolute Gasteiger partial charge is 0.467 e. The van der Waals surface area contributed by atoms with Gasteiger partial charge < -0.3 is 24.0 Å². The van der Waals surface area contributed by atoms with Gasteiger partial charge in [-0.2, -0.15) is 10.1 Å². The third-order valence-electron chi connectivity index (χ3n) is 5.66. The zero-order valence-electron chi connectivity index (χ0n) is 19.7. The van der Waals surface area contributed by atoms with Gasteiger partial charge in [0.25, 0.3) is 5.89 Å². The SMILES string of the molecule is COC(=O)C(O)Cn1ncc2ccc(-c3nc(C4CCN(C(=O)OC(C)(C)C)CC4)no3)cc21. The van der Waals surface area contributed by atoms with E-state index in [0.29, 0.717) is 35.9 Å². The normalized spacial score (nSPS) is 16.0. The van der Waals surface area contributed by atoms with Crippen molar-refractivity contribution in [3.05, 3.63) is 30.2 Å². The van der Waals surface area contributed by atoms with Crippen LogP contribution in [0.4, 0.5) is 4.79 Å². The van der Waals surface area contributed by atoms with Crippen LogP contribution in [-0.4, -0.2) is 73.9 Å². The lowest BCUT2D eigenvalue weighted by Gasteiger charge is -2.32. The van der Waals surface area contributed by atoms with Crippen molar-refractivity contribution in [2.24, 2.45) is 0 Å². The molecule has 1 aromatic carbocycles. The molecule has 1 amide bonds. The first-order valence-electron chi connectivity index (χ1n) is 11.2. The third-order valence-corrected chi connectivity index (χ3v) is 5.66. The number of aliphatic hydroxyl groups excluding tert-OH is 1. The van der Waals surface area contributed by atoms with Crippen molar-refractivity contribution in [2.75, 3.05) is 20.2 Å². The van der Waals surface area contributed by atoms with E-state index in [1.165, 1.54) is 11.8 Å². The van der Waals surface area contributed by atoms with Crippen molar-refractivity contribution in [2.45, 2.75) is 57.8 Å². The molecule has 34 heavy (non-hydrogen) atoms. The lowest BCUT2D eigenvalue weighted by Crippen LogP contribution is -2.41. The number of hydrogen-bond acceptors (Lipinski definition) is 9. The van der Waals surface area contributed by atoms with E-state index in [2.05, 4.69) is 20.0 Å². The summed E-state index contributed by atoms with van der Waals surface area (Å²) < 4.78 is 17.1. The Hall–Kier alpha value is -3.47.